The number of hydrogen-bond acceptors (Lipinski definition) is 6. The molecular formula is C24H28FN5O3S. The molecule has 0 bridgehead atoms. The number of para-hydroxylation sites is 1. The number of carbonyl (C=O) groups excluding carboxylic acids is 2. The Morgan fingerprint density at radius 1 is 1.12 bits per heavy atom. The van der Waals surface area contributed by atoms with E-state index in [0.717, 1.165) is 5.56 Å². The molecule has 0 aliphatic heterocycles. The summed E-state index contributed by atoms with van der Waals surface area (Å²) in [6.07, 6.45) is -0.547. The topological polar surface area (TPSA) is 98.1 Å². The summed E-state index contributed by atoms with van der Waals surface area (Å²) in [6, 6.07) is 11.5. The predicted molar refractivity (Wildman–Crippen MR) is 131 cm³/mol. The summed E-state index contributed by atoms with van der Waals surface area (Å²) in [5.74, 6) is -0.0684. The first-order valence-electron chi connectivity index (χ1n) is 10.8. The molecule has 34 heavy (non-hydrogen) atoms. The van der Waals surface area contributed by atoms with E-state index in [4.69, 9.17) is 4.74 Å². The number of anilines is 2. The van der Waals surface area contributed by atoms with Crippen LogP contribution in [-0.4, -0.2) is 32.3 Å². The van der Waals surface area contributed by atoms with Crippen LogP contribution in [0, 0.1) is 12.7 Å². The van der Waals surface area contributed by atoms with E-state index in [1.54, 1.807) is 37.3 Å². The van der Waals surface area contributed by atoms with E-state index in [-0.39, 0.29) is 29.4 Å². The van der Waals surface area contributed by atoms with Gasteiger partial charge in [0.25, 0.3) is 0 Å². The molecule has 0 saturated carbocycles. The first-order valence-corrected chi connectivity index (χ1v) is 11.8. The van der Waals surface area contributed by atoms with Gasteiger partial charge in [-0.05, 0) is 57.5 Å². The summed E-state index contributed by atoms with van der Waals surface area (Å²) >= 11 is 1.25. The highest BCUT2D eigenvalue weighted by Gasteiger charge is 2.23. The minimum absolute atomic E-state index is 0.000423. The van der Waals surface area contributed by atoms with Gasteiger partial charge in [0.05, 0.1) is 5.75 Å². The number of nitrogens with one attached hydrogen (secondary N) is 2. The van der Waals surface area contributed by atoms with Crippen molar-refractivity contribution < 1.29 is 18.7 Å². The van der Waals surface area contributed by atoms with Crippen LogP contribution in [-0.2, 0) is 9.59 Å². The lowest BCUT2D eigenvalue weighted by atomic mass is 10.2. The highest BCUT2D eigenvalue weighted by molar-refractivity contribution is 7.99. The van der Waals surface area contributed by atoms with Crippen molar-refractivity contribution in [1.82, 2.24) is 14.8 Å². The van der Waals surface area contributed by atoms with Crippen LogP contribution in [0.5, 0.6) is 5.75 Å². The monoisotopic (exact) mass is 485 g/mol. The predicted octanol–water partition coefficient (Wildman–Crippen LogP) is 5.14. The van der Waals surface area contributed by atoms with Gasteiger partial charge in [-0.25, -0.2) is 4.39 Å². The number of aromatic nitrogens is 3. The van der Waals surface area contributed by atoms with Gasteiger partial charge in [0.1, 0.15) is 0 Å². The molecule has 0 spiro atoms. The Kier molecular flexibility index (Phi) is 8.27. The van der Waals surface area contributed by atoms with E-state index in [1.165, 1.54) is 24.8 Å². The smallest absolute Gasteiger partial charge is 0.234 e. The summed E-state index contributed by atoms with van der Waals surface area (Å²) in [7, 11) is 0. The molecule has 10 heteroatoms. The maximum absolute atomic E-state index is 14.0. The third-order valence-corrected chi connectivity index (χ3v) is 5.82. The van der Waals surface area contributed by atoms with Crippen LogP contribution in [0.4, 0.5) is 15.8 Å². The van der Waals surface area contributed by atoms with Gasteiger partial charge in [-0.1, -0.05) is 30.0 Å². The molecule has 0 aliphatic carbocycles. The molecule has 8 nitrogen and oxygen atoms in total. The molecule has 2 aromatic carbocycles. The molecule has 1 unspecified atom stereocenters. The molecule has 1 heterocycles. The fourth-order valence-electron chi connectivity index (χ4n) is 3.28. The normalized spacial score (nSPS) is 11.9. The van der Waals surface area contributed by atoms with Gasteiger partial charge in [0.15, 0.2) is 28.7 Å². The number of nitrogens with zero attached hydrogens (tertiary/aromatic N) is 3. The van der Waals surface area contributed by atoms with Gasteiger partial charge in [0, 0.05) is 24.3 Å². The Hall–Kier alpha value is -3.40. The minimum atomic E-state index is -0.547. The average molecular weight is 486 g/mol. The third-order valence-electron chi connectivity index (χ3n) is 4.88. The summed E-state index contributed by atoms with van der Waals surface area (Å²) in [5, 5.41) is 14.6. The lowest BCUT2D eigenvalue weighted by molar-refractivity contribution is -0.114. The number of benzene rings is 2. The Morgan fingerprint density at radius 2 is 1.85 bits per heavy atom. The summed E-state index contributed by atoms with van der Waals surface area (Å²) in [4.78, 5) is 23.9. The van der Waals surface area contributed by atoms with Crippen molar-refractivity contribution in [3.05, 3.63) is 59.7 Å². The van der Waals surface area contributed by atoms with Crippen LogP contribution in [0.1, 0.15) is 51.2 Å². The largest absolute Gasteiger partial charge is 0.480 e. The SMILES string of the molecule is CC(=O)Nc1cc(NC(=O)CSc2nnc(C(C)Oc3ccccc3F)n2C(C)C)ccc1C. The van der Waals surface area contributed by atoms with Crippen molar-refractivity contribution in [2.24, 2.45) is 0 Å². The Morgan fingerprint density at radius 3 is 2.53 bits per heavy atom. The number of amides is 2. The van der Waals surface area contributed by atoms with E-state index >= 15 is 0 Å². The number of aryl methyl sites for hydroxylation is 1. The molecular weight excluding hydrogens is 457 g/mol. The molecule has 0 fully saturated rings. The van der Waals surface area contributed by atoms with Gasteiger partial charge in [-0.3, -0.25) is 9.59 Å². The van der Waals surface area contributed by atoms with Crippen LogP contribution in [0.25, 0.3) is 0 Å². The van der Waals surface area contributed by atoms with Crippen molar-refractivity contribution in [2.75, 3.05) is 16.4 Å². The first kappa shape index (κ1) is 25.2. The van der Waals surface area contributed by atoms with Crippen LogP contribution < -0.4 is 15.4 Å². The number of halogens is 1. The molecule has 180 valence electrons. The fraction of sp³-hybridized carbons (Fsp3) is 0.333. The van der Waals surface area contributed by atoms with E-state index in [0.29, 0.717) is 22.4 Å². The number of ether oxygens (including phenoxy) is 1. The zero-order valence-electron chi connectivity index (χ0n) is 19.8. The lowest BCUT2D eigenvalue weighted by Crippen LogP contribution is -2.17. The maximum Gasteiger partial charge on any atom is 0.234 e. The quantitative estimate of drug-likeness (QED) is 0.408. The van der Waals surface area contributed by atoms with Gasteiger partial charge in [-0.15, -0.1) is 10.2 Å². The average Bonchev–Trinajstić information content (AvgIpc) is 3.20. The molecule has 3 aromatic rings. The van der Waals surface area contributed by atoms with Gasteiger partial charge in [-0.2, -0.15) is 0 Å². The highest BCUT2D eigenvalue weighted by atomic mass is 32.2. The fourth-order valence-corrected chi connectivity index (χ4v) is 4.16. The van der Waals surface area contributed by atoms with Crippen LogP contribution in [0.15, 0.2) is 47.6 Å². The Balaban J connectivity index is 1.68. The van der Waals surface area contributed by atoms with Gasteiger partial charge in [0.2, 0.25) is 11.8 Å². The molecule has 1 atom stereocenters. The number of rotatable bonds is 9. The zero-order chi connectivity index (χ0) is 24.8. The number of thioether (sulfide) groups is 1. The molecule has 0 radical (unpaired) electrons. The van der Waals surface area contributed by atoms with Crippen molar-refractivity contribution in [3.63, 3.8) is 0 Å². The van der Waals surface area contributed by atoms with E-state index in [2.05, 4.69) is 20.8 Å². The number of hydrogen-bond donors (Lipinski definition) is 2. The second-order valence-electron chi connectivity index (χ2n) is 8.04. The van der Waals surface area contributed by atoms with Gasteiger partial charge >= 0.3 is 0 Å². The van der Waals surface area contributed by atoms with Crippen molar-refractivity contribution in [2.45, 2.75) is 51.9 Å². The van der Waals surface area contributed by atoms with Gasteiger partial charge < -0.3 is 19.9 Å². The first-order chi connectivity index (χ1) is 16.2. The molecule has 2 amide bonds. The van der Waals surface area contributed by atoms with E-state index in [1.807, 2.05) is 31.4 Å². The van der Waals surface area contributed by atoms with Crippen molar-refractivity contribution >= 4 is 35.0 Å². The zero-order valence-corrected chi connectivity index (χ0v) is 20.6. The Labute approximate surface area is 202 Å². The molecule has 1 aromatic heterocycles. The maximum atomic E-state index is 14.0. The standard InChI is InChI=1S/C24H28FN5O3S/c1-14(2)30-23(16(4)33-21-9-7-6-8-19(21)25)28-29-24(30)34-13-22(32)27-18-11-10-15(3)20(12-18)26-17(5)31/h6-12,14,16H,13H2,1-5H3,(H,26,31)(H,27,32). The van der Waals surface area contributed by atoms with Crippen molar-refractivity contribution in [1.29, 1.82) is 0 Å². The van der Waals surface area contributed by atoms with E-state index in [9.17, 15) is 14.0 Å². The molecule has 0 saturated heterocycles. The summed E-state index contributed by atoms with van der Waals surface area (Å²) < 4.78 is 21.6. The second-order valence-corrected chi connectivity index (χ2v) is 8.99. The molecule has 3 rings (SSSR count). The van der Waals surface area contributed by atoms with E-state index < -0.39 is 11.9 Å². The second kappa shape index (κ2) is 11.1. The van der Waals surface area contributed by atoms with Crippen LogP contribution >= 0.6 is 11.8 Å². The van der Waals surface area contributed by atoms with Crippen LogP contribution in [0.3, 0.4) is 0 Å². The summed E-state index contributed by atoms with van der Waals surface area (Å²) in [5.41, 5.74) is 2.12. The van der Waals surface area contributed by atoms with Crippen LogP contribution in [0.2, 0.25) is 0 Å². The summed E-state index contributed by atoms with van der Waals surface area (Å²) in [6.45, 7) is 9.04. The minimum Gasteiger partial charge on any atom is -0.480 e. The molecule has 0 aliphatic rings. The Bertz CT molecular complexity index is 1180. The molecule has 2 N–H and O–H groups in total. The third kappa shape index (κ3) is 6.34. The van der Waals surface area contributed by atoms with Crippen molar-refractivity contribution in [3.8, 4) is 5.75 Å². The highest BCUT2D eigenvalue weighted by Crippen LogP contribution is 2.29. The lowest BCUT2D eigenvalue weighted by Gasteiger charge is -2.19. The number of carbonyl (C=O) groups is 2.